The second-order valence-electron chi connectivity index (χ2n) is 3.40. The van der Waals surface area contributed by atoms with E-state index < -0.39 is 0 Å². The first kappa shape index (κ1) is 13.1. The Morgan fingerprint density at radius 1 is 0.941 bits per heavy atom. The lowest BCUT2D eigenvalue weighted by molar-refractivity contribution is 1.03. The van der Waals surface area contributed by atoms with Crippen molar-refractivity contribution in [3.8, 4) is 0 Å². The van der Waals surface area contributed by atoms with Gasteiger partial charge in [-0.3, -0.25) is 0 Å². The Bertz CT molecular complexity index is 509. The molecule has 0 bridgehead atoms. The number of nitrogens with one attached hydrogen (secondary N) is 1. The van der Waals surface area contributed by atoms with E-state index in [-0.39, 0.29) is 0 Å². The molecule has 2 rings (SSSR count). The highest BCUT2D eigenvalue weighted by Gasteiger charge is 2.04. The van der Waals surface area contributed by atoms with Gasteiger partial charge >= 0.3 is 0 Å². The maximum Gasteiger partial charge on any atom is 0.106 e. The fraction of sp³-hybridized carbons (Fsp3) is 0.0833. The summed E-state index contributed by atoms with van der Waals surface area (Å²) in [7, 11) is 0. The molecule has 88 valence electrons. The third kappa shape index (κ3) is 3.53. The summed E-state index contributed by atoms with van der Waals surface area (Å²) in [5, 5.41) is 3.35. The Kier molecular flexibility index (Phi) is 4.59. The molecule has 2 aromatic rings. The Hall–Kier alpha value is -0.390. The van der Waals surface area contributed by atoms with E-state index in [1.54, 1.807) is 0 Å². The number of halogens is 3. The van der Waals surface area contributed by atoms with Crippen molar-refractivity contribution in [1.82, 2.24) is 4.98 Å². The lowest BCUT2D eigenvalue weighted by atomic mass is 10.3. The smallest absolute Gasteiger partial charge is 0.106 e. The molecule has 0 spiro atoms. The standard InChI is InChI=1S/C12H9Br3N2/c13-9-4-2-5-10(14)12(9)16-7-8-3-1-6-11(15)17-8/h1-6,16H,7H2. The number of para-hydroxylation sites is 1. The summed E-state index contributed by atoms with van der Waals surface area (Å²) in [4.78, 5) is 4.37. The predicted molar refractivity (Wildman–Crippen MR) is 81.1 cm³/mol. The summed E-state index contributed by atoms with van der Waals surface area (Å²) >= 11 is 10.4. The summed E-state index contributed by atoms with van der Waals surface area (Å²) in [6.07, 6.45) is 0. The fourth-order valence-electron chi connectivity index (χ4n) is 1.39. The quantitative estimate of drug-likeness (QED) is 0.708. The maximum atomic E-state index is 4.37. The van der Waals surface area contributed by atoms with Gasteiger partial charge in [0, 0.05) is 8.95 Å². The van der Waals surface area contributed by atoms with Crippen LogP contribution in [0.3, 0.4) is 0 Å². The average molecular weight is 421 g/mol. The molecule has 1 heterocycles. The third-order valence-corrected chi connectivity index (χ3v) is 3.95. The van der Waals surface area contributed by atoms with Crippen LogP contribution in [0.2, 0.25) is 0 Å². The first-order valence-electron chi connectivity index (χ1n) is 4.96. The highest BCUT2D eigenvalue weighted by molar-refractivity contribution is 9.11. The van der Waals surface area contributed by atoms with Gasteiger partial charge in [-0.2, -0.15) is 0 Å². The number of aromatic nitrogens is 1. The zero-order valence-electron chi connectivity index (χ0n) is 8.75. The number of benzene rings is 1. The molecule has 0 atom stereocenters. The Labute approximate surface area is 125 Å². The Morgan fingerprint density at radius 3 is 2.24 bits per heavy atom. The zero-order valence-corrected chi connectivity index (χ0v) is 13.5. The van der Waals surface area contributed by atoms with Crippen molar-refractivity contribution in [1.29, 1.82) is 0 Å². The number of anilines is 1. The highest BCUT2D eigenvalue weighted by Crippen LogP contribution is 2.30. The van der Waals surface area contributed by atoms with Crippen LogP contribution in [0.25, 0.3) is 0 Å². The number of hydrogen-bond acceptors (Lipinski definition) is 2. The molecule has 0 fully saturated rings. The molecule has 0 aliphatic carbocycles. The molecule has 0 radical (unpaired) electrons. The Balaban J connectivity index is 2.13. The van der Waals surface area contributed by atoms with Crippen molar-refractivity contribution >= 4 is 53.5 Å². The molecular formula is C12H9Br3N2. The van der Waals surface area contributed by atoms with E-state index in [9.17, 15) is 0 Å². The van der Waals surface area contributed by atoms with Crippen molar-refractivity contribution in [2.24, 2.45) is 0 Å². The van der Waals surface area contributed by atoms with Gasteiger partial charge in [-0.15, -0.1) is 0 Å². The van der Waals surface area contributed by atoms with Crippen molar-refractivity contribution in [3.05, 3.63) is 55.6 Å². The SMILES string of the molecule is Brc1cccc(CNc2c(Br)cccc2Br)n1. The molecule has 2 nitrogen and oxygen atoms in total. The van der Waals surface area contributed by atoms with Gasteiger partial charge in [-0.05, 0) is 72.1 Å². The van der Waals surface area contributed by atoms with Crippen LogP contribution in [0.1, 0.15) is 5.69 Å². The molecule has 0 amide bonds. The molecule has 0 aliphatic heterocycles. The lowest BCUT2D eigenvalue weighted by Gasteiger charge is -2.10. The maximum absolute atomic E-state index is 4.37. The van der Waals surface area contributed by atoms with Crippen molar-refractivity contribution in [2.75, 3.05) is 5.32 Å². The molecular weight excluding hydrogens is 412 g/mol. The van der Waals surface area contributed by atoms with Crippen molar-refractivity contribution < 1.29 is 0 Å². The van der Waals surface area contributed by atoms with Gasteiger partial charge in [-0.25, -0.2) is 4.98 Å². The van der Waals surface area contributed by atoms with Gasteiger partial charge in [0.1, 0.15) is 4.60 Å². The normalized spacial score (nSPS) is 10.3. The molecule has 5 heteroatoms. The van der Waals surface area contributed by atoms with Crippen LogP contribution in [-0.4, -0.2) is 4.98 Å². The first-order valence-corrected chi connectivity index (χ1v) is 7.34. The molecule has 0 unspecified atom stereocenters. The van der Waals surface area contributed by atoms with E-state index in [0.717, 1.165) is 24.9 Å². The summed E-state index contributed by atoms with van der Waals surface area (Å²) in [5.74, 6) is 0. The average Bonchev–Trinajstić information content (AvgIpc) is 2.28. The topological polar surface area (TPSA) is 24.9 Å². The number of rotatable bonds is 3. The minimum absolute atomic E-state index is 0.681. The number of hydrogen-bond donors (Lipinski definition) is 1. The van der Waals surface area contributed by atoms with Crippen LogP contribution in [-0.2, 0) is 6.54 Å². The van der Waals surface area contributed by atoms with E-state index >= 15 is 0 Å². The summed E-state index contributed by atoms with van der Waals surface area (Å²) in [6, 6.07) is 11.9. The minimum atomic E-state index is 0.681. The fourth-order valence-corrected chi connectivity index (χ4v) is 3.05. The molecule has 0 saturated carbocycles. The number of pyridine rings is 1. The van der Waals surface area contributed by atoms with E-state index in [1.165, 1.54) is 0 Å². The van der Waals surface area contributed by atoms with E-state index in [2.05, 4.69) is 58.1 Å². The van der Waals surface area contributed by atoms with Crippen molar-refractivity contribution in [2.45, 2.75) is 6.54 Å². The largest absolute Gasteiger partial charge is 0.378 e. The van der Waals surface area contributed by atoms with Gasteiger partial charge in [0.15, 0.2) is 0 Å². The third-order valence-electron chi connectivity index (χ3n) is 2.18. The highest BCUT2D eigenvalue weighted by atomic mass is 79.9. The van der Waals surface area contributed by atoms with Crippen LogP contribution in [0.4, 0.5) is 5.69 Å². The molecule has 1 aromatic heterocycles. The first-order chi connectivity index (χ1) is 8.16. The predicted octanol–water partition coefficient (Wildman–Crippen LogP) is 4.98. The molecule has 17 heavy (non-hydrogen) atoms. The van der Waals surface area contributed by atoms with Gasteiger partial charge < -0.3 is 5.32 Å². The lowest BCUT2D eigenvalue weighted by Crippen LogP contribution is -2.02. The Morgan fingerprint density at radius 2 is 1.59 bits per heavy atom. The monoisotopic (exact) mass is 418 g/mol. The van der Waals surface area contributed by atoms with Crippen LogP contribution < -0.4 is 5.32 Å². The summed E-state index contributed by atoms with van der Waals surface area (Å²) < 4.78 is 2.91. The molecule has 0 aliphatic rings. The van der Waals surface area contributed by atoms with E-state index in [1.807, 2.05) is 36.4 Å². The van der Waals surface area contributed by atoms with Gasteiger partial charge in [-0.1, -0.05) is 12.1 Å². The summed E-state index contributed by atoms with van der Waals surface area (Å²) in [6.45, 7) is 0.681. The van der Waals surface area contributed by atoms with E-state index in [4.69, 9.17) is 0 Å². The molecule has 1 N–H and O–H groups in total. The minimum Gasteiger partial charge on any atom is -0.378 e. The van der Waals surface area contributed by atoms with Crippen LogP contribution in [0.15, 0.2) is 49.9 Å². The number of nitrogens with zero attached hydrogens (tertiary/aromatic N) is 1. The second kappa shape index (κ2) is 5.98. The summed E-state index contributed by atoms with van der Waals surface area (Å²) in [5.41, 5.74) is 2.02. The van der Waals surface area contributed by atoms with Crippen LogP contribution in [0, 0.1) is 0 Å². The van der Waals surface area contributed by atoms with Crippen molar-refractivity contribution in [3.63, 3.8) is 0 Å². The van der Waals surface area contributed by atoms with Gasteiger partial charge in [0.25, 0.3) is 0 Å². The van der Waals surface area contributed by atoms with E-state index in [0.29, 0.717) is 6.54 Å². The second-order valence-corrected chi connectivity index (χ2v) is 5.92. The van der Waals surface area contributed by atoms with Crippen LogP contribution in [0.5, 0.6) is 0 Å². The molecule has 1 aromatic carbocycles. The zero-order chi connectivity index (χ0) is 12.3. The molecule has 0 saturated heterocycles. The van der Waals surface area contributed by atoms with Gasteiger partial charge in [0.05, 0.1) is 17.9 Å². The van der Waals surface area contributed by atoms with Gasteiger partial charge in [0.2, 0.25) is 0 Å². The van der Waals surface area contributed by atoms with Crippen LogP contribution >= 0.6 is 47.8 Å².